The first-order valence-corrected chi connectivity index (χ1v) is 9.86. The fourth-order valence-corrected chi connectivity index (χ4v) is 5.02. The number of ether oxygens (including phenoxy) is 1. The maximum absolute atomic E-state index is 13.4. The summed E-state index contributed by atoms with van der Waals surface area (Å²) < 4.78 is 33.5. The van der Waals surface area contributed by atoms with Crippen LogP contribution in [0.25, 0.3) is 0 Å². The zero-order valence-corrected chi connectivity index (χ0v) is 17.1. The Labute approximate surface area is 170 Å². The van der Waals surface area contributed by atoms with E-state index in [4.69, 9.17) is 4.74 Å². The summed E-state index contributed by atoms with van der Waals surface area (Å²) in [6.07, 6.45) is 0. The molecule has 8 nitrogen and oxygen atoms in total. The Bertz CT molecular complexity index is 939. The molecule has 0 spiro atoms. The van der Waals surface area contributed by atoms with Crippen LogP contribution in [0.3, 0.4) is 0 Å². The van der Waals surface area contributed by atoms with Crippen molar-refractivity contribution in [2.45, 2.75) is 10.9 Å². The summed E-state index contributed by atoms with van der Waals surface area (Å²) in [6.45, 7) is 1.38. The molecule has 0 bridgehead atoms. The number of non-ortho nitro benzene ring substituents is 1. The number of piperazine rings is 1. The van der Waals surface area contributed by atoms with Gasteiger partial charge in [0.25, 0.3) is 5.69 Å². The number of hydrogen-bond donors (Lipinski definition) is 0. The third-order valence-corrected chi connectivity index (χ3v) is 6.59. The van der Waals surface area contributed by atoms with Gasteiger partial charge in [0.15, 0.2) is 0 Å². The van der Waals surface area contributed by atoms with Crippen LogP contribution in [0.15, 0.2) is 53.4 Å². The van der Waals surface area contributed by atoms with Crippen molar-refractivity contribution in [2.24, 2.45) is 0 Å². The van der Waals surface area contributed by atoms with Crippen LogP contribution < -0.4 is 4.74 Å². The lowest BCUT2D eigenvalue weighted by molar-refractivity contribution is -0.385. The van der Waals surface area contributed by atoms with Crippen LogP contribution in [0.4, 0.5) is 5.69 Å². The molecule has 1 aliphatic rings. The van der Waals surface area contributed by atoms with Gasteiger partial charge in [0, 0.05) is 31.8 Å². The summed E-state index contributed by atoms with van der Waals surface area (Å²) >= 11 is 0. The van der Waals surface area contributed by atoms with Crippen molar-refractivity contribution in [3.63, 3.8) is 0 Å². The second kappa shape index (κ2) is 8.87. The number of benzene rings is 2. The van der Waals surface area contributed by atoms with Crippen molar-refractivity contribution in [2.75, 3.05) is 33.8 Å². The number of likely N-dealkylation sites (N-methyl/N-ethyl adjacent to an activating group) is 1. The summed E-state index contributed by atoms with van der Waals surface area (Å²) in [5, 5.41) is 11.1. The Morgan fingerprint density at radius 3 is 2.43 bits per heavy atom. The molecule has 3 rings (SSSR count). The highest BCUT2D eigenvalue weighted by Gasteiger charge is 2.38. The molecule has 1 atom stereocenters. The lowest BCUT2D eigenvalue weighted by Gasteiger charge is -2.39. The number of nitro groups is 1. The summed E-state index contributed by atoms with van der Waals surface area (Å²) in [5.74, 6) is 0.0892. The van der Waals surface area contributed by atoms with Crippen LogP contribution in [0.1, 0.15) is 11.6 Å². The molecule has 152 valence electrons. The van der Waals surface area contributed by atoms with Gasteiger partial charge < -0.3 is 9.64 Å². The van der Waals surface area contributed by atoms with E-state index < -0.39 is 14.9 Å². The Morgan fingerprint density at radius 2 is 1.82 bits per heavy atom. The standard InChI is InChI=1S/C18H21N3O5S.ClH/c1-19-10-11-20(16(13-19)14-6-4-3-5-7-14)27(24,25)18-12-15(21(22)23)8-9-17(18)26-2;/h3-9,12,16H,10-11,13H2,1-2H3;1H. The van der Waals surface area contributed by atoms with Crippen molar-refractivity contribution in [1.82, 2.24) is 9.21 Å². The minimum Gasteiger partial charge on any atom is -0.495 e. The van der Waals surface area contributed by atoms with Crippen molar-refractivity contribution >= 4 is 28.1 Å². The molecule has 0 N–H and O–H groups in total. The van der Waals surface area contributed by atoms with Gasteiger partial charge >= 0.3 is 0 Å². The molecule has 2 aromatic rings. The van der Waals surface area contributed by atoms with E-state index >= 15 is 0 Å². The minimum absolute atomic E-state index is 0. The molecular weight excluding hydrogens is 406 g/mol. The molecule has 10 heteroatoms. The molecular formula is C18H22ClN3O5S. The van der Waals surface area contributed by atoms with E-state index in [0.29, 0.717) is 13.1 Å². The van der Waals surface area contributed by atoms with E-state index in [9.17, 15) is 18.5 Å². The highest BCUT2D eigenvalue weighted by molar-refractivity contribution is 7.89. The number of rotatable bonds is 5. The van der Waals surface area contributed by atoms with Crippen molar-refractivity contribution in [1.29, 1.82) is 0 Å². The van der Waals surface area contributed by atoms with Crippen LogP contribution >= 0.6 is 12.4 Å². The Kier molecular flexibility index (Phi) is 7.00. The largest absolute Gasteiger partial charge is 0.495 e. The highest BCUT2D eigenvalue weighted by atomic mass is 35.5. The first-order chi connectivity index (χ1) is 12.8. The normalized spacial score (nSPS) is 18.3. The lowest BCUT2D eigenvalue weighted by Crippen LogP contribution is -2.49. The van der Waals surface area contributed by atoms with Gasteiger partial charge in [-0.3, -0.25) is 10.1 Å². The molecule has 2 aromatic carbocycles. The number of nitrogens with zero attached hydrogens (tertiary/aromatic N) is 3. The monoisotopic (exact) mass is 427 g/mol. The van der Waals surface area contributed by atoms with Gasteiger partial charge in [-0.15, -0.1) is 12.4 Å². The third-order valence-electron chi connectivity index (χ3n) is 4.66. The van der Waals surface area contributed by atoms with Gasteiger partial charge in [-0.1, -0.05) is 30.3 Å². The van der Waals surface area contributed by atoms with Crippen LogP contribution in [-0.2, 0) is 10.0 Å². The van der Waals surface area contributed by atoms with Gasteiger partial charge in [-0.05, 0) is 18.7 Å². The van der Waals surface area contributed by atoms with Gasteiger partial charge in [-0.2, -0.15) is 4.31 Å². The molecule has 1 aliphatic heterocycles. The zero-order valence-electron chi connectivity index (χ0n) is 15.5. The number of nitro benzene ring substituents is 1. The summed E-state index contributed by atoms with van der Waals surface area (Å²) in [6, 6.07) is 12.6. The van der Waals surface area contributed by atoms with Crippen molar-refractivity contribution < 1.29 is 18.1 Å². The second-order valence-corrected chi connectivity index (χ2v) is 8.26. The molecule has 1 saturated heterocycles. The highest BCUT2D eigenvalue weighted by Crippen LogP contribution is 2.36. The van der Waals surface area contributed by atoms with Gasteiger partial charge in [0.05, 0.1) is 18.1 Å². The summed E-state index contributed by atoms with van der Waals surface area (Å²) in [7, 11) is -0.720. The molecule has 1 fully saturated rings. The molecule has 0 aliphatic carbocycles. The van der Waals surface area contributed by atoms with E-state index in [1.807, 2.05) is 37.4 Å². The minimum atomic E-state index is -4.00. The maximum Gasteiger partial charge on any atom is 0.271 e. The topological polar surface area (TPSA) is 93.0 Å². The predicted molar refractivity (Wildman–Crippen MR) is 107 cm³/mol. The molecule has 0 aromatic heterocycles. The van der Waals surface area contributed by atoms with E-state index in [1.165, 1.54) is 23.5 Å². The average molecular weight is 428 g/mol. The molecule has 1 heterocycles. The van der Waals surface area contributed by atoms with Crippen molar-refractivity contribution in [3.8, 4) is 5.75 Å². The van der Waals surface area contributed by atoms with Crippen LogP contribution in [0, 0.1) is 10.1 Å². The van der Waals surface area contributed by atoms with E-state index in [1.54, 1.807) is 0 Å². The van der Waals surface area contributed by atoms with Crippen LogP contribution in [0.2, 0.25) is 0 Å². The number of sulfonamides is 1. The lowest BCUT2D eigenvalue weighted by atomic mass is 10.1. The smallest absolute Gasteiger partial charge is 0.271 e. The Hall–Kier alpha value is -2.20. The fourth-order valence-electron chi connectivity index (χ4n) is 3.24. The fraction of sp³-hybridized carbons (Fsp3) is 0.333. The zero-order chi connectivity index (χ0) is 19.6. The molecule has 0 saturated carbocycles. The molecule has 0 amide bonds. The predicted octanol–water partition coefficient (Wildman–Crippen LogP) is 2.70. The number of halogens is 1. The van der Waals surface area contributed by atoms with E-state index in [-0.39, 0.29) is 41.3 Å². The first-order valence-electron chi connectivity index (χ1n) is 8.42. The van der Waals surface area contributed by atoms with Gasteiger partial charge in [0.1, 0.15) is 10.6 Å². The Morgan fingerprint density at radius 1 is 1.14 bits per heavy atom. The van der Waals surface area contributed by atoms with Crippen molar-refractivity contribution in [3.05, 3.63) is 64.2 Å². The first kappa shape index (κ1) is 22.1. The Balaban J connectivity index is 0.00000280. The molecule has 1 unspecified atom stereocenters. The summed E-state index contributed by atoms with van der Waals surface area (Å²) in [4.78, 5) is 12.4. The second-order valence-electron chi connectivity index (χ2n) is 6.40. The SMILES string of the molecule is COc1ccc([N+](=O)[O-])cc1S(=O)(=O)N1CCN(C)CC1c1ccccc1.Cl. The van der Waals surface area contributed by atoms with E-state index in [0.717, 1.165) is 11.6 Å². The van der Waals surface area contributed by atoms with Crippen LogP contribution in [0.5, 0.6) is 5.75 Å². The van der Waals surface area contributed by atoms with Gasteiger partial charge in [0.2, 0.25) is 10.0 Å². The summed E-state index contributed by atoms with van der Waals surface area (Å²) in [5.41, 5.74) is 0.580. The van der Waals surface area contributed by atoms with E-state index in [2.05, 4.69) is 4.90 Å². The number of hydrogen-bond acceptors (Lipinski definition) is 6. The maximum atomic E-state index is 13.4. The quantitative estimate of drug-likeness (QED) is 0.538. The molecule has 28 heavy (non-hydrogen) atoms. The van der Waals surface area contributed by atoms with Gasteiger partial charge in [-0.25, -0.2) is 8.42 Å². The average Bonchev–Trinajstić information content (AvgIpc) is 2.67. The van der Waals surface area contributed by atoms with Crippen LogP contribution in [-0.4, -0.2) is 56.3 Å². The number of methoxy groups -OCH3 is 1. The third kappa shape index (κ3) is 4.27. The molecule has 0 radical (unpaired) electrons.